The molecular weight excluding hydrogens is 307 g/mol. The summed E-state index contributed by atoms with van der Waals surface area (Å²) in [5, 5.41) is 5.91. The molecule has 0 bridgehead atoms. The predicted octanol–water partition coefficient (Wildman–Crippen LogP) is -4.13. The molecule has 0 unspecified atom stereocenters. The molecule has 0 rings (SSSR count). The van der Waals surface area contributed by atoms with E-state index in [1.807, 2.05) is 0 Å². The minimum Gasteiger partial charge on any atom is -0.412 e. The summed E-state index contributed by atoms with van der Waals surface area (Å²) in [7, 11) is -10.6. The van der Waals surface area contributed by atoms with E-state index in [0.29, 0.717) is 0 Å². The van der Waals surface area contributed by atoms with Crippen molar-refractivity contribution in [3.8, 4) is 0 Å². The van der Waals surface area contributed by atoms with Crippen LogP contribution in [0, 0.1) is 0 Å². The normalized spacial score (nSPS) is 11.2. The molecule has 0 aromatic carbocycles. The van der Waals surface area contributed by atoms with Crippen molar-refractivity contribution in [2.24, 2.45) is 5.73 Å². The molecular formula is C4H19NNaO10P2. The summed E-state index contributed by atoms with van der Waals surface area (Å²) < 4.78 is 21.4. The molecule has 1 radical (unpaired) electrons. The summed E-state index contributed by atoms with van der Waals surface area (Å²) in [5.74, 6) is 0. The Morgan fingerprint density at radius 2 is 1.22 bits per heavy atom. The van der Waals surface area contributed by atoms with Crippen LogP contribution in [0.15, 0.2) is 0 Å². The SMILES string of the molecule is NCCCC(O)(P(=O)(O)O)P(=O)(O)O.O.O.O.[Na]. The van der Waals surface area contributed by atoms with Crippen molar-refractivity contribution in [2.45, 2.75) is 17.9 Å². The summed E-state index contributed by atoms with van der Waals surface area (Å²) in [6, 6.07) is 0. The number of rotatable bonds is 5. The first-order valence-electron chi connectivity index (χ1n) is 3.60. The molecule has 0 aliphatic heterocycles. The van der Waals surface area contributed by atoms with Gasteiger partial charge in [0.15, 0.2) is 0 Å². The van der Waals surface area contributed by atoms with Crippen LogP contribution < -0.4 is 5.73 Å². The maximum absolute atomic E-state index is 10.7. The minimum absolute atomic E-state index is 0. The zero-order chi connectivity index (χ0) is 11.6. The summed E-state index contributed by atoms with van der Waals surface area (Å²) in [5.41, 5.74) is 5.01. The fourth-order valence-electron chi connectivity index (χ4n) is 0.800. The molecule has 0 saturated heterocycles. The first-order chi connectivity index (χ1) is 6.06. The smallest absolute Gasteiger partial charge is 0.369 e. The van der Waals surface area contributed by atoms with Crippen molar-refractivity contribution in [1.82, 2.24) is 0 Å². The zero-order valence-corrected chi connectivity index (χ0v) is 13.4. The van der Waals surface area contributed by atoms with Crippen LogP contribution in [0.25, 0.3) is 0 Å². The van der Waals surface area contributed by atoms with E-state index in [0.717, 1.165) is 0 Å². The second kappa shape index (κ2) is 10.8. The molecule has 0 aromatic heterocycles. The molecule has 0 spiro atoms. The molecule has 18 heavy (non-hydrogen) atoms. The average molecular weight is 326 g/mol. The van der Waals surface area contributed by atoms with Gasteiger partial charge in [0.2, 0.25) is 0 Å². The van der Waals surface area contributed by atoms with Crippen molar-refractivity contribution in [1.29, 1.82) is 0 Å². The molecule has 0 fully saturated rings. The standard InChI is InChI=1S/C4H13NO7P2.Na.3H2O/c5-3-1-2-4(6,13(7,8)9)14(10,11)12;;;;/h6H,1-3,5H2,(H2,7,8,9)(H2,10,11,12);;3*1H2. The third kappa shape index (κ3) is 7.63. The molecule has 0 amide bonds. The Labute approximate surface area is 125 Å². The first-order valence-corrected chi connectivity index (χ1v) is 6.82. The van der Waals surface area contributed by atoms with Gasteiger partial charge in [0.1, 0.15) is 0 Å². The average Bonchev–Trinajstić information content (AvgIpc) is 1.95. The van der Waals surface area contributed by atoms with Crippen LogP contribution in [-0.2, 0) is 9.13 Å². The Hall–Kier alpha value is 1.10. The second-order valence-electron chi connectivity index (χ2n) is 2.75. The maximum atomic E-state index is 10.7. The summed E-state index contributed by atoms with van der Waals surface area (Å²) in [6.45, 7) is -0.0394. The monoisotopic (exact) mass is 326 g/mol. The molecule has 0 heterocycles. The Kier molecular flexibility index (Phi) is 18.9. The van der Waals surface area contributed by atoms with Crippen LogP contribution in [0.3, 0.4) is 0 Å². The van der Waals surface area contributed by atoms with E-state index in [9.17, 15) is 14.2 Å². The quantitative estimate of drug-likeness (QED) is 0.213. The Morgan fingerprint density at radius 3 is 1.39 bits per heavy atom. The van der Waals surface area contributed by atoms with Gasteiger partial charge in [-0.3, -0.25) is 9.13 Å². The van der Waals surface area contributed by atoms with Gasteiger partial charge in [0, 0.05) is 36.0 Å². The molecule has 0 aliphatic carbocycles. The van der Waals surface area contributed by atoms with Gasteiger partial charge in [-0.1, -0.05) is 0 Å². The summed E-state index contributed by atoms with van der Waals surface area (Å²) in [6.07, 6.45) is -0.856. The molecule has 14 heteroatoms. The number of aliphatic hydroxyl groups is 1. The van der Waals surface area contributed by atoms with Crippen LogP contribution in [-0.4, -0.2) is 82.3 Å². The van der Waals surface area contributed by atoms with Gasteiger partial charge >= 0.3 is 15.2 Å². The van der Waals surface area contributed by atoms with Crippen molar-refractivity contribution in [3.63, 3.8) is 0 Å². The minimum atomic E-state index is -5.30. The first kappa shape index (κ1) is 31.5. The van der Waals surface area contributed by atoms with Crippen LogP contribution >= 0.6 is 15.2 Å². The third-order valence-electron chi connectivity index (χ3n) is 1.65. The largest absolute Gasteiger partial charge is 0.412 e. The van der Waals surface area contributed by atoms with Crippen molar-refractivity contribution < 1.29 is 50.2 Å². The Morgan fingerprint density at radius 1 is 0.944 bits per heavy atom. The van der Waals surface area contributed by atoms with E-state index >= 15 is 0 Å². The van der Waals surface area contributed by atoms with Gasteiger partial charge in [-0.15, -0.1) is 0 Å². The van der Waals surface area contributed by atoms with Crippen LogP contribution in [0.1, 0.15) is 12.8 Å². The van der Waals surface area contributed by atoms with E-state index in [1.165, 1.54) is 0 Å². The van der Waals surface area contributed by atoms with Gasteiger partial charge in [-0.05, 0) is 13.0 Å². The molecule has 11 nitrogen and oxygen atoms in total. The van der Waals surface area contributed by atoms with E-state index in [2.05, 4.69) is 0 Å². The number of hydrogen-bond acceptors (Lipinski definition) is 4. The molecule has 111 valence electrons. The zero-order valence-electron chi connectivity index (χ0n) is 9.65. The van der Waals surface area contributed by atoms with Gasteiger partial charge < -0.3 is 46.8 Å². The van der Waals surface area contributed by atoms with Crippen LogP contribution in [0.2, 0.25) is 0 Å². The topological polar surface area (TPSA) is 256 Å². The van der Waals surface area contributed by atoms with Gasteiger partial charge in [-0.2, -0.15) is 0 Å². The third-order valence-corrected chi connectivity index (χ3v) is 5.53. The summed E-state index contributed by atoms with van der Waals surface area (Å²) in [4.78, 5) is 34.5. The Bertz CT molecular complexity index is 266. The van der Waals surface area contributed by atoms with Gasteiger partial charge in [0.25, 0.3) is 5.08 Å². The second-order valence-corrected chi connectivity index (χ2v) is 6.76. The van der Waals surface area contributed by atoms with Crippen molar-refractivity contribution in [3.05, 3.63) is 0 Å². The van der Waals surface area contributed by atoms with E-state index in [4.69, 9.17) is 25.3 Å². The predicted molar refractivity (Wildman–Crippen MR) is 63.9 cm³/mol. The van der Waals surface area contributed by atoms with E-state index in [1.54, 1.807) is 0 Å². The van der Waals surface area contributed by atoms with Crippen LogP contribution in [0.4, 0.5) is 0 Å². The fourth-order valence-corrected chi connectivity index (χ4v) is 3.06. The van der Waals surface area contributed by atoms with Crippen molar-refractivity contribution in [2.75, 3.05) is 6.54 Å². The number of nitrogens with two attached hydrogens (primary N) is 1. The molecule has 0 saturated carbocycles. The maximum Gasteiger partial charge on any atom is 0.369 e. The van der Waals surface area contributed by atoms with Crippen LogP contribution in [0.5, 0.6) is 0 Å². The fraction of sp³-hybridized carbons (Fsp3) is 1.00. The molecule has 0 aromatic rings. The van der Waals surface area contributed by atoms with E-state index < -0.39 is 26.7 Å². The van der Waals surface area contributed by atoms with Gasteiger partial charge in [0.05, 0.1) is 0 Å². The van der Waals surface area contributed by atoms with Gasteiger partial charge in [-0.25, -0.2) is 0 Å². The van der Waals surface area contributed by atoms with Crippen molar-refractivity contribution >= 4 is 44.7 Å². The molecule has 13 N–H and O–H groups in total. The molecule has 0 aliphatic rings. The van der Waals surface area contributed by atoms with E-state index in [-0.39, 0.29) is 59.0 Å². The Balaban J connectivity index is -0.000000141. The summed E-state index contributed by atoms with van der Waals surface area (Å²) >= 11 is 0. The molecule has 0 atom stereocenters. The number of hydrogen-bond donors (Lipinski definition) is 6.